The molecule has 1 saturated heterocycles. The highest BCUT2D eigenvalue weighted by Gasteiger charge is 2.24. The van der Waals surface area contributed by atoms with Gasteiger partial charge in [0.2, 0.25) is 0 Å². The molecule has 0 radical (unpaired) electrons. The van der Waals surface area contributed by atoms with E-state index >= 15 is 0 Å². The molecule has 1 saturated carbocycles. The largest absolute Gasteiger partial charge is 0.374 e. The molecule has 4 heteroatoms. The maximum Gasteiger partial charge on any atom is 0.0836 e. The van der Waals surface area contributed by atoms with Gasteiger partial charge in [0.05, 0.1) is 12.7 Å². The summed E-state index contributed by atoms with van der Waals surface area (Å²) in [6.07, 6.45) is 5.26. The Bertz CT molecular complexity index is 164. The van der Waals surface area contributed by atoms with Crippen LogP contribution in [0.25, 0.3) is 0 Å². The first-order chi connectivity index (χ1) is 6.38. The molecule has 0 aromatic carbocycles. The van der Waals surface area contributed by atoms with Crippen molar-refractivity contribution < 1.29 is 4.74 Å². The zero-order valence-corrected chi connectivity index (χ0v) is 8.98. The van der Waals surface area contributed by atoms with Crippen molar-refractivity contribution in [3.8, 4) is 0 Å². The molecule has 1 heterocycles. The fraction of sp³-hybridized carbons (Fsp3) is 1.00. The third-order valence-electron chi connectivity index (χ3n) is 2.57. The summed E-state index contributed by atoms with van der Waals surface area (Å²) in [5.41, 5.74) is 0. The van der Waals surface area contributed by atoms with Crippen LogP contribution in [0.3, 0.4) is 0 Å². The number of nitrogens with zero attached hydrogens (tertiary/aromatic N) is 1. The maximum absolute atomic E-state index is 5.67. The lowest BCUT2D eigenvalue weighted by atomic mass is 10.3. The highest BCUT2D eigenvalue weighted by molar-refractivity contribution is 7.96. The lowest BCUT2D eigenvalue weighted by Crippen LogP contribution is -2.44. The van der Waals surface area contributed by atoms with Crippen molar-refractivity contribution >= 4 is 11.9 Å². The number of rotatable bonds is 4. The average Bonchev–Trinajstić information content (AvgIpc) is 2.99. The van der Waals surface area contributed by atoms with Crippen molar-refractivity contribution in [2.24, 2.45) is 0 Å². The van der Waals surface area contributed by atoms with E-state index in [1.54, 1.807) is 0 Å². The highest BCUT2D eigenvalue weighted by Crippen LogP contribution is 2.19. The Hall–Kier alpha value is 0.230. The van der Waals surface area contributed by atoms with Gasteiger partial charge < -0.3 is 10.1 Å². The highest BCUT2D eigenvalue weighted by atomic mass is 32.2. The summed E-state index contributed by atoms with van der Waals surface area (Å²) >= 11 is 1.82. The van der Waals surface area contributed by atoms with Gasteiger partial charge >= 0.3 is 0 Å². The molecule has 0 aromatic rings. The van der Waals surface area contributed by atoms with E-state index in [1.807, 2.05) is 11.9 Å². The zero-order chi connectivity index (χ0) is 9.10. The quantitative estimate of drug-likeness (QED) is 0.679. The molecule has 0 amide bonds. The van der Waals surface area contributed by atoms with Gasteiger partial charge in [0.15, 0.2) is 0 Å². The lowest BCUT2D eigenvalue weighted by Gasteiger charge is -2.31. The molecular weight excluding hydrogens is 184 g/mol. The summed E-state index contributed by atoms with van der Waals surface area (Å²) in [6.45, 7) is 4.06. The van der Waals surface area contributed by atoms with E-state index in [1.165, 1.54) is 12.8 Å². The van der Waals surface area contributed by atoms with E-state index in [9.17, 15) is 0 Å². The maximum atomic E-state index is 5.67. The molecule has 1 N–H and O–H groups in total. The summed E-state index contributed by atoms with van der Waals surface area (Å²) in [5.74, 6) is 0. The van der Waals surface area contributed by atoms with Crippen LogP contribution < -0.4 is 5.32 Å². The molecule has 3 nitrogen and oxygen atoms in total. The second kappa shape index (κ2) is 4.64. The van der Waals surface area contributed by atoms with Gasteiger partial charge in [0.1, 0.15) is 0 Å². The van der Waals surface area contributed by atoms with Crippen molar-refractivity contribution in [1.82, 2.24) is 9.62 Å². The zero-order valence-electron chi connectivity index (χ0n) is 8.16. The minimum atomic E-state index is 0.404. The van der Waals surface area contributed by atoms with E-state index in [2.05, 4.69) is 15.9 Å². The van der Waals surface area contributed by atoms with Crippen LogP contribution in [-0.2, 0) is 4.74 Å². The van der Waals surface area contributed by atoms with Crippen LogP contribution in [0.5, 0.6) is 0 Å². The number of hydrogen-bond acceptors (Lipinski definition) is 4. The molecule has 0 bridgehead atoms. The van der Waals surface area contributed by atoms with Gasteiger partial charge in [-0.3, -0.25) is 0 Å². The molecule has 0 aromatic heterocycles. The Morgan fingerprint density at radius 3 is 3.08 bits per heavy atom. The SMILES string of the molecule is CSN1CCOC(CNC2CC2)C1. The van der Waals surface area contributed by atoms with Crippen molar-refractivity contribution in [3.63, 3.8) is 0 Å². The lowest BCUT2D eigenvalue weighted by molar-refractivity contribution is 0.00284. The van der Waals surface area contributed by atoms with Gasteiger partial charge in [0, 0.05) is 25.7 Å². The third-order valence-corrected chi connectivity index (χ3v) is 3.42. The van der Waals surface area contributed by atoms with Gasteiger partial charge in [-0.05, 0) is 19.1 Å². The van der Waals surface area contributed by atoms with Gasteiger partial charge in [-0.1, -0.05) is 11.9 Å². The topological polar surface area (TPSA) is 24.5 Å². The molecule has 2 fully saturated rings. The molecule has 76 valence electrons. The summed E-state index contributed by atoms with van der Waals surface area (Å²) in [5, 5.41) is 3.51. The monoisotopic (exact) mass is 202 g/mol. The second-order valence-electron chi connectivity index (χ2n) is 3.75. The average molecular weight is 202 g/mol. The smallest absolute Gasteiger partial charge is 0.0836 e. The molecule has 1 atom stereocenters. The minimum absolute atomic E-state index is 0.404. The predicted molar refractivity (Wildman–Crippen MR) is 55.9 cm³/mol. The van der Waals surface area contributed by atoms with Crippen molar-refractivity contribution in [2.75, 3.05) is 32.5 Å². The van der Waals surface area contributed by atoms with Gasteiger partial charge in [-0.15, -0.1) is 0 Å². The van der Waals surface area contributed by atoms with Gasteiger partial charge in [0.25, 0.3) is 0 Å². The predicted octanol–water partition coefficient (Wildman–Crippen LogP) is 0.717. The van der Waals surface area contributed by atoms with E-state index in [0.29, 0.717) is 6.10 Å². The van der Waals surface area contributed by atoms with Gasteiger partial charge in [-0.2, -0.15) is 0 Å². The van der Waals surface area contributed by atoms with E-state index in [0.717, 1.165) is 32.3 Å². The number of nitrogens with one attached hydrogen (secondary N) is 1. The normalized spacial score (nSPS) is 30.7. The first-order valence-corrected chi connectivity index (χ1v) is 6.20. The van der Waals surface area contributed by atoms with Crippen molar-refractivity contribution in [1.29, 1.82) is 0 Å². The van der Waals surface area contributed by atoms with E-state index in [-0.39, 0.29) is 0 Å². The molecule has 1 aliphatic heterocycles. The molecule has 0 spiro atoms. The molecule has 2 aliphatic rings. The molecule has 13 heavy (non-hydrogen) atoms. The molecule has 1 aliphatic carbocycles. The Balaban J connectivity index is 1.65. The van der Waals surface area contributed by atoms with Crippen LogP contribution in [0.1, 0.15) is 12.8 Å². The Kier molecular flexibility index (Phi) is 3.49. The molecule has 1 unspecified atom stereocenters. The Morgan fingerprint density at radius 1 is 1.54 bits per heavy atom. The standard InChI is InChI=1S/C9H18N2OS/c1-13-11-4-5-12-9(7-11)6-10-8-2-3-8/h8-10H,2-7H2,1H3. The number of ether oxygens (including phenoxy) is 1. The first kappa shape index (κ1) is 9.77. The van der Waals surface area contributed by atoms with Crippen molar-refractivity contribution in [2.45, 2.75) is 25.0 Å². The number of hydrogen-bond donors (Lipinski definition) is 1. The minimum Gasteiger partial charge on any atom is -0.374 e. The summed E-state index contributed by atoms with van der Waals surface area (Å²) in [4.78, 5) is 0. The van der Waals surface area contributed by atoms with Crippen LogP contribution >= 0.6 is 11.9 Å². The summed E-state index contributed by atoms with van der Waals surface area (Å²) in [7, 11) is 0. The van der Waals surface area contributed by atoms with Crippen LogP contribution in [-0.4, -0.2) is 48.9 Å². The van der Waals surface area contributed by atoms with Crippen LogP contribution in [0.2, 0.25) is 0 Å². The Labute approximate surface area is 84.3 Å². The number of morpholine rings is 1. The fourth-order valence-corrected chi connectivity index (χ4v) is 2.14. The first-order valence-electron chi connectivity index (χ1n) is 5.02. The van der Waals surface area contributed by atoms with Gasteiger partial charge in [-0.25, -0.2) is 4.31 Å². The molecule has 2 rings (SSSR count). The molecular formula is C9H18N2OS. The van der Waals surface area contributed by atoms with E-state index in [4.69, 9.17) is 4.74 Å². The van der Waals surface area contributed by atoms with Crippen LogP contribution in [0, 0.1) is 0 Å². The third kappa shape index (κ3) is 3.13. The Morgan fingerprint density at radius 2 is 2.38 bits per heavy atom. The summed E-state index contributed by atoms with van der Waals surface area (Å²) < 4.78 is 8.05. The second-order valence-corrected chi connectivity index (χ2v) is 4.63. The van der Waals surface area contributed by atoms with Crippen LogP contribution in [0.4, 0.5) is 0 Å². The van der Waals surface area contributed by atoms with E-state index < -0.39 is 0 Å². The summed E-state index contributed by atoms with van der Waals surface area (Å²) in [6, 6.07) is 0.799. The van der Waals surface area contributed by atoms with Crippen molar-refractivity contribution in [3.05, 3.63) is 0 Å². The fourth-order valence-electron chi connectivity index (χ4n) is 1.57. The van der Waals surface area contributed by atoms with Crippen LogP contribution in [0.15, 0.2) is 0 Å².